The van der Waals surface area contributed by atoms with Crippen LogP contribution in [0.25, 0.3) is 0 Å². The normalized spacial score (nSPS) is 14.5. The molecule has 0 bridgehead atoms. The summed E-state index contributed by atoms with van der Waals surface area (Å²) in [7, 11) is 0. The van der Waals surface area contributed by atoms with Gasteiger partial charge in [-0.05, 0) is 31.2 Å². The summed E-state index contributed by atoms with van der Waals surface area (Å²) in [5.74, 6) is 0.261. The van der Waals surface area contributed by atoms with Crippen molar-refractivity contribution in [2.75, 3.05) is 42.9 Å². The molecule has 0 atom stereocenters. The average Bonchev–Trinajstić information content (AvgIpc) is 2.69. The Morgan fingerprint density at radius 2 is 1.67 bits per heavy atom. The highest BCUT2D eigenvalue weighted by Crippen LogP contribution is 2.15. The number of anilines is 2. The first-order valence-electron chi connectivity index (χ1n) is 8.83. The van der Waals surface area contributed by atoms with Crippen molar-refractivity contribution in [3.63, 3.8) is 0 Å². The third-order valence-electron chi connectivity index (χ3n) is 4.46. The molecule has 0 aromatic heterocycles. The van der Waals surface area contributed by atoms with Crippen LogP contribution in [0.4, 0.5) is 11.4 Å². The first-order chi connectivity index (χ1) is 12.6. The van der Waals surface area contributed by atoms with Crippen LogP contribution in [0.15, 0.2) is 59.6 Å². The Bertz CT molecular complexity index is 756. The summed E-state index contributed by atoms with van der Waals surface area (Å²) in [5, 5.41) is 3.00. The van der Waals surface area contributed by atoms with Crippen LogP contribution in [-0.4, -0.2) is 49.5 Å². The Labute approximate surface area is 177 Å². The highest BCUT2D eigenvalue weighted by Gasteiger charge is 2.20. The maximum Gasteiger partial charge on any atom is 0.244 e. The Hall–Kier alpha value is -2.29. The van der Waals surface area contributed by atoms with E-state index in [0.717, 1.165) is 18.8 Å². The van der Waals surface area contributed by atoms with E-state index in [1.165, 1.54) is 11.3 Å². The number of benzene rings is 2. The summed E-state index contributed by atoms with van der Waals surface area (Å²) in [6, 6.07) is 18.1. The van der Waals surface area contributed by atoms with E-state index in [2.05, 4.69) is 27.3 Å². The van der Waals surface area contributed by atoms with E-state index in [0.29, 0.717) is 13.1 Å². The number of hydrogen-bond acceptors (Lipinski definition) is 3. The van der Waals surface area contributed by atoms with Crippen molar-refractivity contribution in [3.8, 4) is 0 Å². The lowest BCUT2D eigenvalue weighted by Gasteiger charge is -2.35. The van der Waals surface area contributed by atoms with E-state index in [1.54, 1.807) is 0 Å². The van der Waals surface area contributed by atoms with Crippen LogP contribution in [0.5, 0.6) is 0 Å². The number of carbonyl (C=O) groups excluding carboxylic acids is 1. The molecule has 6 nitrogen and oxygen atoms in total. The maximum absolute atomic E-state index is 12.4. The summed E-state index contributed by atoms with van der Waals surface area (Å²) in [5.41, 5.74) is 9.12. The number of para-hydroxylation sites is 1. The number of rotatable bonds is 4. The van der Waals surface area contributed by atoms with Gasteiger partial charge in [0.15, 0.2) is 5.96 Å². The third-order valence-corrected chi connectivity index (χ3v) is 4.46. The van der Waals surface area contributed by atoms with Crippen molar-refractivity contribution in [2.24, 2.45) is 10.7 Å². The fraction of sp³-hybridized carbons (Fsp3) is 0.300. The fourth-order valence-electron chi connectivity index (χ4n) is 2.93. The predicted molar refractivity (Wildman–Crippen MR) is 122 cm³/mol. The van der Waals surface area contributed by atoms with Crippen molar-refractivity contribution in [1.29, 1.82) is 0 Å². The number of nitrogens with zero attached hydrogens (tertiary/aromatic N) is 3. The second kappa shape index (κ2) is 10.1. The van der Waals surface area contributed by atoms with Crippen molar-refractivity contribution < 1.29 is 4.79 Å². The van der Waals surface area contributed by atoms with E-state index in [-0.39, 0.29) is 42.4 Å². The zero-order valence-electron chi connectivity index (χ0n) is 15.5. The predicted octanol–water partition coefficient (Wildman–Crippen LogP) is 2.69. The molecule has 1 heterocycles. The molecule has 1 aliphatic rings. The van der Waals surface area contributed by atoms with Gasteiger partial charge in [-0.3, -0.25) is 4.79 Å². The Morgan fingerprint density at radius 3 is 2.30 bits per heavy atom. The number of nitrogens with one attached hydrogen (secondary N) is 1. The molecule has 0 spiro atoms. The second-order valence-corrected chi connectivity index (χ2v) is 6.40. The van der Waals surface area contributed by atoms with E-state index < -0.39 is 0 Å². The highest BCUT2D eigenvalue weighted by molar-refractivity contribution is 14.0. The van der Waals surface area contributed by atoms with E-state index in [4.69, 9.17) is 5.73 Å². The summed E-state index contributed by atoms with van der Waals surface area (Å²) >= 11 is 0. The monoisotopic (exact) mass is 479 g/mol. The molecule has 1 aliphatic heterocycles. The van der Waals surface area contributed by atoms with Gasteiger partial charge in [-0.15, -0.1) is 24.0 Å². The minimum Gasteiger partial charge on any atom is -0.370 e. The van der Waals surface area contributed by atoms with Gasteiger partial charge in [-0.2, -0.15) is 0 Å². The van der Waals surface area contributed by atoms with E-state index in [9.17, 15) is 4.79 Å². The molecule has 144 valence electrons. The SMILES string of the molecule is Cc1ccc(NC(N)=NCC(=O)N2CCN(c3ccccc3)CC2)cc1.I. The molecule has 1 saturated heterocycles. The van der Waals surface area contributed by atoms with Gasteiger partial charge < -0.3 is 20.9 Å². The van der Waals surface area contributed by atoms with Crippen LogP contribution in [0.1, 0.15) is 5.56 Å². The minimum absolute atomic E-state index is 0. The number of piperazine rings is 1. The lowest BCUT2D eigenvalue weighted by Crippen LogP contribution is -2.49. The van der Waals surface area contributed by atoms with Crippen LogP contribution >= 0.6 is 24.0 Å². The number of halogens is 1. The van der Waals surface area contributed by atoms with Crippen molar-refractivity contribution in [3.05, 3.63) is 60.2 Å². The van der Waals surface area contributed by atoms with Crippen molar-refractivity contribution in [1.82, 2.24) is 4.90 Å². The van der Waals surface area contributed by atoms with Crippen LogP contribution in [0, 0.1) is 6.92 Å². The zero-order valence-corrected chi connectivity index (χ0v) is 17.8. The maximum atomic E-state index is 12.4. The molecule has 1 amide bonds. The second-order valence-electron chi connectivity index (χ2n) is 6.40. The van der Waals surface area contributed by atoms with Crippen LogP contribution in [-0.2, 0) is 4.79 Å². The van der Waals surface area contributed by atoms with Crippen LogP contribution in [0.2, 0.25) is 0 Å². The number of amides is 1. The first-order valence-corrected chi connectivity index (χ1v) is 8.83. The molecule has 2 aromatic rings. The standard InChI is InChI=1S/C20H25N5O.HI/c1-16-7-9-17(10-8-16)23-20(21)22-15-19(26)25-13-11-24(12-14-25)18-5-3-2-4-6-18;/h2-10H,11-15H2,1H3,(H3,21,22,23);1H. The minimum atomic E-state index is 0. The zero-order chi connectivity index (χ0) is 18.4. The van der Waals surface area contributed by atoms with Crippen LogP contribution < -0.4 is 16.0 Å². The molecular weight excluding hydrogens is 453 g/mol. The van der Waals surface area contributed by atoms with Crippen molar-refractivity contribution in [2.45, 2.75) is 6.92 Å². The van der Waals surface area contributed by atoms with Gasteiger partial charge in [0, 0.05) is 37.6 Å². The number of nitrogens with two attached hydrogens (primary N) is 1. The first kappa shape index (κ1) is 21.0. The molecule has 0 saturated carbocycles. The summed E-state index contributed by atoms with van der Waals surface area (Å²) in [4.78, 5) is 20.7. The number of aliphatic imine (C=N–C) groups is 1. The summed E-state index contributed by atoms with van der Waals surface area (Å²) in [6.45, 7) is 5.16. The lowest BCUT2D eigenvalue weighted by atomic mass is 10.2. The molecule has 0 unspecified atom stereocenters. The van der Waals surface area contributed by atoms with Gasteiger partial charge in [0.05, 0.1) is 0 Å². The molecule has 27 heavy (non-hydrogen) atoms. The van der Waals surface area contributed by atoms with E-state index in [1.807, 2.05) is 54.3 Å². The topological polar surface area (TPSA) is 74.0 Å². The smallest absolute Gasteiger partial charge is 0.244 e. The average molecular weight is 479 g/mol. The quantitative estimate of drug-likeness (QED) is 0.402. The molecule has 0 radical (unpaired) electrons. The fourth-order valence-corrected chi connectivity index (χ4v) is 2.93. The van der Waals surface area contributed by atoms with Gasteiger partial charge >= 0.3 is 0 Å². The van der Waals surface area contributed by atoms with Gasteiger partial charge in [-0.25, -0.2) is 4.99 Å². The molecule has 3 N–H and O–H groups in total. The van der Waals surface area contributed by atoms with Gasteiger partial charge in [0.2, 0.25) is 5.91 Å². The molecule has 1 fully saturated rings. The highest BCUT2D eigenvalue weighted by atomic mass is 127. The number of carbonyl (C=O) groups is 1. The molecule has 2 aromatic carbocycles. The number of hydrogen-bond donors (Lipinski definition) is 2. The van der Waals surface area contributed by atoms with Gasteiger partial charge in [0.1, 0.15) is 6.54 Å². The summed E-state index contributed by atoms with van der Waals surface area (Å²) in [6.07, 6.45) is 0. The number of guanidine groups is 1. The molecular formula is C20H26IN5O. The largest absolute Gasteiger partial charge is 0.370 e. The molecule has 3 rings (SSSR count). The number of aryl methyl sites for hydroxylation is 1. The van der Waals surface area contributed by atoms with E-state index >= 15 is 0 Å². The molecule has 7 heteroatoms. The van der Waals surface area contributed by atoms with Crippen molar-refractivity contribution >= 4 is 47.2 Å². The Balaban J connectivity index is 0.00000261. The third kappa shape index (κ3) is 6.13. The summed E-state index contributed by atoms with van der Waals surface area (Å²) < 4.78 is 0. The lowest BCUT2D eigenvalue weighted by molar-refractivity contribution is -0.129. The molecule has 0 aliphatic carbocycles. The van der Waals surface area contributed by atoms with Crippen LogP contribution in [0.3, 0.4) is 0 Å². The van der Waals surface area contributed by atoms with Gasteiger partial charge in [0.25, 0.3) is 0 Å². The Morgan fingerprint density at radius 1 is 1.04 bits per heavy atom. The van der Waals surface area contributed by atoms with Gasteiger partial charge in [-0.1, -0.05) is 35.9 Å². The Kier molecular flexibility index (Phi) is 7.90.